The molecule has 1 atom stereocenters. The van der Waals surface area contributed by atoms with Crippen LogP contribution < -0.4 is 30.7 Å². The van der Waals surface area contributed by atoms with Crippen molar-refractivity contribution >= 4 is 47.1 Å². The van der Waals surface area contributed by atoms with E-state index in [0.29, 0.717) is 29.0 Å². The van der Waals surface area contributed by atoms with Gasteiger partial charge in [0.05, 0.1) is 19.1 Å². The summed E-state index contributed by atoms with van der Waals surface area (Å²) in [7, 11) is 3.16. The van der Waals surface area contributed by atoms with Crippen LogP contribution in [0.4, 0.5) is 10.5 Å². The number of carbonyl (C=O) groups excluding carboxylic acids is 2. The Morgan fingerprint density at radius 3 is 2.64 bits per heavy atom. The van der Waals surface area contributed by atoms with Crippen molar-refractivity contribution in [2.45, 2.75) is 12.5 Å². The lowest BCUT2D eigenvalue weighted by molar-refractivity contribution is -0.115. The Labute approximate surface area is 174 Å². The number of hydrogen-bond acceptors (Lipinski definition) is 8. The minimum atomic E-state index is -0.380. The van der Waals surface area contributed by atoms with E-state index in [2.05, 4.69) is 15.5 Å². The van der Waals surface area contributed by atoms with Gasteiger partial charge in [-0.3, -0.25) is 14.9 Å². The molecule has 0 radical (unpaired) electrons. The van der Waals surface area contributed by atoms with Crippen LogP contribution >= 0.6 is 24.2 Å². The average Bonchev–Trinajstić information content (AvgIpc) is 3.25. The van der Waals surface area contributed by atoms with Crippen LogP contribution in [-0.4, -0.2) is 57.6 Å². The summed E-state index contributed by atoms with van der Waals surface area (Å²) in [5.74, 6) is 0.808. The number of methoxy groups -OCH3 is 2. The summed E-state index contributed by atoms with van der Waals surface area (Å²) in [6, 6.07) is 4.10. The van der Waals surface area contributed by atoms with Gasteiger partial charge >= 0.3 is 0 Å². The molecular weight excluding hydrogens is 404 g/mol. The maximum atomic E-state index is 12.0. The van der Waals surface area contributed by atoms with Crippen LogP contribution in [-0.2, 0) is 4.79 Å². The van der Waals surface area contributed by atoms with E-state index in [9.17, 15) is 9.59 Å². The van der Waals surface area contributed by atoms with E-state index >= 15 is 0 Å². The molecule has 2 saturated heterocycles. The molecule has 0 spiro atoms. The average molecular weight is 429 g/mol. The van der Waals surface area contributed by atoms with Gasteiger partial charge in [-0.25, -0.2) is 0 Å². The van der Waals surface area contributed by atoms with Crippen LogP contribution in [0.3, 0.4) is 0 Å². The normalized spacial score (nSPS) is 20.3. The molecular formula is C18H25ClN4O4S. The number of nitrogens with one attached hydrogen (secondary N) is 2. The fourth-order valence-corrected chi connectivity index (χ4v) is 3.94. The number of anilines is 1. The van der Waals surface area contributed by atoms with Crippen LogP contribution in [0, 0.1) is 0 Å². The Morgan fingerprint density at radius 1 is 1.32 bits per heavy atom. The number of nitrogens with zero attached hydrogens (tertiary/aromatic N) is 1. The van der Waals surface area contributed by atoms with Gasteiger partial charge in [0.1, 0.15) is 0 Å². The van der Waals surface area contributed by atoms with Crippen molar-refractivity contribution < 1.29 is 19.1 Å². The molecule has 2 fully saturated rings. The van der Waals surface area contributed by atoms with E-state index in [1.54, 1.807) is 20.3 Å². The second kappa shape index (κ2) is 10.0. The van der Waals surface area contributed by atoms with Crippen molar-refractivity contribution in [1.29, 1.82) is 0 Å². The highest BCUT2D eigenvalue weighted by Crippen LogP contribution is 2.39. The zero-order valence-corrected chi connectivity index (χ0v) is 17.5. The second-order valence-corrected chi connectivity index (χ2v) is 7.31. The summed E-state index contributed by atoms with van der Waals surface area (Å²) in [5, 5.41) is 5.36. The summed E-state index contributed by atoms with van der Waals surface area (Å²) >= 11 is 0.900. The number of rotatable bonds is 7. The number of ether oxygens (including phenoxy) is 2. The van der Waals surface area contributed by atoms with Crippen molar-refractivity contribution in [3.05, 3.63) is 22.6 Å². The Kier molecular flexibility index (Phi) is 7.99. The molecule has 1 aromatic carbocycles. The summed E-state index contributed by atoms with van der Waals surface area (Å²) in [5.41, 5.74) is 7.32. The SMILES string of the molecule is COc1cc(/C=C2/SC(=O)NC2=O)c(N2CCC(NCCN)C2)cc1OC.Cl. The van der Waals surface area contributed by atoms with Crippen molar-refractivity contribution in [3.8, 4) is 11.5 Å². The highest BCUT2D eigenvalue weighted by Gasteiger charge is 2.28. The van der Waals surface area contributed by atoms with E-state index in [4.69, 9.17) is 15.2 Å². The number of halogens is 1. The molecule has 10 heteroatoms. The smallest absolute Gasteiger partial charge is 0.290 e. The summed E-state index contributed by atoms with van der Waals surface area (Å²) < 4.78 is 10.9. The number of carbonyl (C=O) groups is 2. The zero-order chi connectivity index (χ0) is 19.4. The van der Waals surface area contributed by atoms with Gasteiger partial charge in [0.25, 0.3) is 11.1 Å². The first-order valence-electron chi connectivity index (χ1n) is 8.75. The standard InChI is InChI=1S/C18H24N4O4S.ClH/c1-25-14-7-11(8-16-17(23)21-18(24)27-16)13(9-15(14)26-2)22-6-3-12(10-22)20-5-4-19;/h7-9,12,20H,3-6,10,19H2,1-2H3,(H,21,23,24);1H/b16-8+;. The fraction of sp³-hybridized carbons (Fsp3) is 0.444. The van der Waals surface area contributed by atoms with Crippen LogP contribution in [0.15, 0.2) is 17.0 Å². The molecule has 4 N–H and O–H groups in total. The monoisotopic (exact) mass is 428 g/mol. The third-order valence-corrected chi connectivity index (χ3v) is 5.38. The van der Waals surface area contributed by atoms with Gasteiger partial charge in [0, 0.05) is 49.5 Å². The number of imide groups is 1. The van der Waals surface area contributed by atoms with Crippen molar-refractivity contribution in [2.75, 3.05) is 45.3 Å². The molecule has 0 aliphatic carbocycles. The third kappa shape index (κ3) is 4.91. The molecule has 0 saturated carbocycles. The predicted molar refractivity (Wildman–Crippen MR) is 114 cm³/mol. The third-order valence-electron chi connectivity index (χ3n) is 4.57. The molecule has 2 heterocycles. The molecule has 2 amide bonds. The van der Waals surface area contributed by atoms with Crippen molar-refractivity contribution in [2.24, 2.45) is 5.73 Å². The number of hydrogen-bond donors (Lipinski definition) is 3. The molecule has 2 aliphatic rings. The van der Waals surface area contributed by atoms with Gasteiger partial charge in [-0.2, -0.15) is 0 Å². The lowest BCUT2D eigenvalue weighted by Crippen LogP contribution is -2.35. The molecule has 0 bridgehead atoms. The van der Waals surface area contributed by atoms with Gasteiger partial charge in [-0.1, -0.05) is 0 Å². The lowest BCUT2D eigenvalue weighted by Gasteiger charge is -2.23. The number of amides is 2. The summed E-state index contributed by atoms with van der Waals surface area (Å²) in [6.07, 6.45) is 2.72. The molecule has 28 heavy (non-hydrogen) atoms. The van der Waals surface area contributed by atoms with Crippen molar-refractivity contribution in [3.63, 3.8) is 0 Å². The predicted octanol–water partition coefficient (Wildman–Crippen LogP) is 1.58. The van der Waals surface area contributed by atoms with Crippen LogP contribution in [0.5, 0.6) is 11.5 Å². The summed E-state index contributed by atoms with van der Waals surface area (Å²) in [4.78, 5) is 26.0. The first-order valence-corrected chi connectivity index (χ1v) is 9.56. The minimum Gasteiger partial charge on any atom is -0.493 e. The quantitative estimate of drug-likeness (QED) is 0.562. The molecule has 1 unspecified atom stereocenters. The molecule has 154 valence electrons. The Morgan fingerprint density at radius 2 is 2.04 bits per heavy atom. The second-order valence-electron chi connectivity index (χ2n) is 6.29. The van der Waals surface area contributed by atoms with E-state index in [1.165, 1.54) is 0 Å². The molecule has 0 aromatic heterocycles. The van der Waals surface area contributed by atoms with E-state index < -0.39 is 0 Å². The number of benzene rings is 1. The maximum absolute atomic E-state index is 12.0. The Hall–Kier alpha value is -1.94. The molecule has 3 rings (SSSR count). The van der Waals surface area contributed by atoms with Gasteiger partial charge in [-0.05, 0) is 30.3 Å². The number of thioether (sulfide) groups is 1. The summed E-state index contributed by atoms with van der Waals surface area (Å²) in [6.45, 7) is 3.07. The lowest BCUT2D eigenvalue weighted by atomic mass is 10.1. The fourth-order valence-electron chi connectivity index (χ4n) is 3.27. The first kappa shape index (κ1) is 22.4. The topological polar surface area (TPSA) is 106 Å². The first-order chi connectivity index (χ1) is 13.0. The van der Waals surface area contributed by atoms with E-state index in [1.807, 2.05) is 12.1 Å². The van der Waals surface area contributed by atoms with Gasteiger partial charge < -0.3 is 25.4 Å². The molecule has 2 aliphatic heterocycles. The molecule has 8 nitrogen and oxygen atoms in total. The number of nitrogens with two attached hydrogens (primary N) is 1. The van der Waals surface area contributed by atoms with E-state index in [0.717, 1.165) is 49.1 Å². The van der Waals surface area contributed by atoms with Crippen LogP contribution in [0.1, 0.15) is 12.0 Å². The van der Waals surface area contributed by atoms with Gasteiger partial charge in [0.15, 0.2) is 11.5 Å². The highest BCUT2D eigenvalue weighted by molar-refractivity contribution is 8.18. The van der Waals surface area contributed by atoms with Crippen molar-refractivity contribution in [1.82, 2.24) is 10.6 Å². The van der Waals surface area contributed by atoms with E-state index in [-0.39, 0.29) is 23.6 Å². The molecule has 1 aromatic rings. The maximum Gasteiger partial charge on any atom is 0.290 e. The largest absolute Gasteiger partial charge is 0.493 e. The Bertz CT molecular complexity index is 774. The highest BCUT2D eigenvalue weighted by atomic mass is 35.5. The van der Waals surface area contributed by atoms with Gasteiger partial charge in [-0.15, -0.1) is 12.4 Å². The minimum absolute atomic E-state index is 0. The van der Waals surface area contributed by atoms with Crippen LogP contribution in [0.25, 0.3) is 6.08 Å². The Balaban J connectivity index is 0.00000280. The van der Waals surface area contributed by atoms with Gasteiger partial charge in [0.2, 0.25) is 0 Å². The van der Waals surface area contributed by atoms with Crippen LogP contribution in [0.2, 0.25) is 0 Å². The zero-order valence-electron chi connectivity index (χ0n) is 15.8.